The summed E-state index contributed by atoms with van der Waals surface area (Å²) >= 11 is 6.01. The molecule has 0 aliphatic rings. The summed E-state index contributed by atoms with van der Waals surface area (Å²) in [6, 6.07) is 7.31. The van der Waals surface area contributed by atoms with Crippen LogP contribution in [0.1, 0.15) is 5.56 Å². The van der Waals surface area contributed by atoms with E-state index in [2.05, 4.69) is 0 Å². The van der Waals surface area contributed by atoms with Gasteiger partial charge in [-0.15, -0.1) is 0 Å². The molecular weight excluding hydrogens is 400 g/mol. The first kappa shape index (κ1) is 20.5. The highest BCUT2D eigenvalue weighted by atomic mass is 35.5. The molecule has 0 saturated heterocycles. The van der Waals surface area contributed by atoms with Gasteiger partial charge in [-0.3, -0.25) is 19.2 Å². The predicted molar refractivity (Wildman–Crippen MR) is 98.0 cm³/mol. The molecule has 11 heteroatoms. The molecule has 0 spiro atoms. The van der Waals surface area contributed by atoms with Gasteiger partial charge in [0.15, 0.2) is 0 Å². The van der Waals surface area contributed by atoms with E-state index >= 15 is 0 Å². The number of nitro benzene ring substituents is 1. The monoisotopic (exact) mass is 414 g/mol. The minimum Gasteiger partial charge on any atom is -0.495 e. The number of hydrogen-bond acceptors (Lipinski definition) is 6. The Morgan fingerprint density at radius 1 is 1.30 bits per heavy atom. The van der Waals surface area contributed by atoms with Gasteiger partial charge in [0.1, 0.15) is 12.3 Å². The highest BCUT2D eigenvalue weighted by molar-refractivity contribution is 7.92. The summed E-state index contributed by atoms with van der Waals surface area (Å²) < 4.78 is 31.6. The zero-order chi connectivity index (χ0) is 20.4. The van der Waals surface area contributed by atoms with Crippen LogP contribution in [0.5, 0.6) is 5.75 Å². The summed E-state index contributed by atoms with van der Waals surface area (Å²) in [5.41, 5.74) is -0.137. The Morgan fingerprint density at radius 3 is 2.48 bits per heavy atom. The predicted octanol–water partition coefficient (Wildman–Crippen LogP) is 2.85. The Hall–Kier alpha value is -2.85. The van der Waals surface area contributed by atoms with E-state index in [0.29, 0.717) is 4.31 Å². The molecule has 0 aromatic heterocycles. The molecule has 0 bridgehead atoms. The molecule has 0 heterocycles. The van der Waals surface area contributed by atoms with Gasteiger partial charge in [0.25, 0.3) is 15.7 Å². The fraction of sp³-hybridized carbons (Fsp3) is 0.188. The van der Waals surface area contributed by atoms with Crippen molar-refractivity contribution >= 4 is 39.0 Å². The Kier molecular flexibility index (Phi) is 5.91. The molecule has 1 N–H and O–H groups in total. The number of nitrogens with zero attached hydrogens (tertiary/aromatic N) is 2. The SMILES string of the molecule is COc1ccc(N(CC(=O)O)S(=O)(=O)c2ccc(C)c([N+](=O)[O-])c2)cc1Cl. The van der Waals surface area contributed by atoms with E-state index in [9.17, 15) is 23.3 Å². The van der Waals surface area contributed by atoms with Crippen molar-refractivity contribution in [3.63, 3.8) is 0 Å². The largest absolute Gasteiger partial charge is 0.495 e. The molecule has 0 amide bonds. The Morgan fingerprint density at radius 2 is 1.96 bits per heavy atom. The van der Waals surface area contributed by atoms with Crippen LogP contribution in [0.3, 0.4) is 0 Å². The second-order valence-corrected chi connectivity index (χ2v) is 7.70. The van der Waals surface area contributed by atoms with Crippen LogP contribution in [0.2, 0.25) is 5.02 Å². The van der Waals surface area contributed by atoms with Crippen molar-refractivity contribution in [2.45, 2.75) is 11.8 Å². The van der Waals surface area contributed by atoms with Gasteiger partial charge in [0, 0.05) is 11.6 Å². The number of methoxy groups -OCH3 is 1. The van der Waals surface area contributed by atoms with Crippen LogP contribution in [-0.4, -0.2) is 38.1 Å². The Balaban J connectivity index is 2.62. The molecule has 0 aliphatic carbocycles. The molecule has 0 saturated carbocycles. The topological polar surface area (TPSA) is 127 Å². The van der Waals surface area contributed by atoms with Gasteiger partial charge in [-0.1, -0.05) is 17.7 Å². The zero-order valence-electron chi connectivity index (χ0n) is 14.2. The van der Waals surface area contributed by atoms with Gasteiger partial charge in [-0.25, -0.2) is 8.42 Å². The van der Waals surface area contributed by atoms with Crippen LogP contribution in [0.4, 0.5) is 11.4 Å². The Labute approximate surface area is 159 Å². The lowest BCUT2D eigenvalue weighted by Gasteiger charge is -2.23. The molecule has 9 nitrogen and oxygen atoms in total. The van der Waals surface area contributed by atoms with Gasteiger partial charge < -0.3 is 9.84 Å². The minimum absolute atomic E-state index is 0.0218. The lowest BCUT2D eigenvalue weighted by atomic mass is 10.2. The fourth-order valence-corrected chi connectivity index (χ4v) is 4.00. The van der Waals surface area contributed by atoms with Crippen molar-refractivity contribution in [2.24, 2.45) is 0 Å². The van der Waals surface area contributed by atoms with Crippen molar-refractivity contribution in [1.29, 1.82) is 0 Å². The number of carboxylic acid groups (broad SMARTS) is 1. The normalized spacial score (nSPS) is 11.1. The second-order valence-electron chi connectivity index (χ2n) is 5.43. The van der Waals surface area contributed by atoms with Crippen molar-refractivity contribution in [1.82, 2.24) is 0 Å². The van der Waals surface area contributed by atoms with Crippen LogP contribution in [0, 0.1) is 17.0 Å². The van der Waals surface area contributed by atoms with Crippen molar-refractivity contribution in [3.05, 3.63) is 57.1 Å². The van der Waals surface area contributed by atoms with Crippen LogP contribution in [0.25, 0.3) is 0 Å². The highest BCUT2D eigenvalue weighted by Crippen LogP contribution is 2.32. The van der Waals surface area contributed by atoms with Gasteiger partial charge >= 0.3 is 5.97 Å². The number of halogens is 1. The van der Waals surface area contributed by atoms with Crippen molar-refractivity contribution < 1.29 is 28.0 Å². The first-order valence-corrected chi connectivity index (χ1v) is 9.23. The van der Waals surface area contributed by atoms with Crippen molar-refractivity contribution in [3.8, 4) is 5.75 Å². The summed E-state index contributed by atoms with van der Waals surface area (Å²) in [7, 11) is -3.04. The third-order valence-corrected chi connectivity index (χ3v) is 5.73. The maximum atomic E-state index is 13.0. The van der Waals surface area contributed by atoms with Crippen LogP contribution < -0.4 is 9.04 Å². The smallest absolute Gasteiger partial charge is 0.324 e. The number of carboxylic acids is 1. The molecule has 0 atom stereocenters. The van der Waals surface area contributed by atoms with Crippen LogP contribution >= 0.6 is 11.6 Å². The van der Waals surface area contributed by atoms with Gasteiger partial charge in [-0.2, -0.15) is 0 Å². The summed E-state index contributed by atoms with van der Waals surface area (Å²) in [4.78, 5) is 21.2. The number of aliphatic carboxylic acids is 1. The zero-order valence-corrected chi connectivity index (χ0v) is 15.8. The standard InChI is InChI=1S/C16H15ClN2O7S/c1-10-3-5-12(8-14(10)19(22)23)27(24,25)18(9-16(20)21)11-4-6-15(26-2)13(17)7-11/h3-8H,9H2,1-2H3,(H,20,21). The number of aryl methyl sites for hydroxylation is 1. The number of anilines is 1. The minimum atomic E-state index is -4.41. The summed E-state index contributed by atoms with van der Waals surface area (Å²) in [5, 5.41) is 20.3. The molecule has 144 valence electrons. The number of carbonyl (C=O) groups is 1. The second kappa shape index (κ2) is 7.80. The summed E-state index contributed by atoms with van der Waals surface area (Å²) in [6.45, 7) is 0.569. The maximum Gasteiger partial charge on any atom is 0.324 e. The average molecular weight is 415 g/mol. The quantitative estimate of drug-likeness (QED) is 0.545. The van der Waals surface area contributed by atoms with E-state index in [-0.39, 0.29) is 27.7 Å². The third-order valence-electron chi connectivity index (χ3n) is 3.67. The molecular formula is C16H15ClN2O7S. The molecule has 0 aliphatic heterocycles. The summed E-state index contributed by atoms with van der Waals surface area (Å²) in [5.74, 6) is -1.13. The first-order valence-electron chi connectivity index (χ1n) is 7.41. The summed E-state index contributed by atoms with van der Waals surface area (Å²) in [6.07, 6.45) is 0. The van der Waals surface area contributed by atoms with Crippen LogP contribution in [0.15, 0.2) is 41.3 Å². The molecule has 2 aromatic carbocycles. The number of rotatable bonds is 7. The lowest BCUT2D eigenvalue weighted by molar-refractivity contribution is -0.385. The molecule has 27 heavy (non-hydrogen) atoms. The van der Waals surface area contributed by atoms with Gasteiger partial charge in [0.05, 0.1) is 27.6 Å². The van der Waals surface area contributed by atoms with Crippen molar-refractivity contribution in [2.75, 3.05) is 18.0 Å². The van der Waals surface area contributed by atoms with Gasteiger partial charge in [0.2, 0.25) is 0 Å². The number of nitro groups is 1. The lowest BCUT2D eigenvalue weighted by Crippen LogP contribution is -2.35. The fourth-order valence-electron chi connectivity index (χ4n) is 2.32. The third kappa shape index (κ3) is 4.29. The van der Waals surface area contributed by atoms with Gasteiger partial charge in [-0.05, 0) is 31.2 Å². The van der Waals surface area contributed by atoms with E-state index in [4.69, 9.17) is 21.4 Å². The van der Waals surface area contributed by atoms with E-state index in [0.717, 1.165) is 6.07 Å². The van der Waals surface area contributed by atoms with E-state index < -0.39 is 32.4 Å². The molecule has 2 rings (SSSR count). The van der Waals surface area contributed by atoms with E-state index in [1.165, 1.54) is 44.4 Å². The number of sulfonamides is 1. The average Bonchev–Trinajstić information content (AvgIpc) is 2.59. The molecule has 0 unspecified atom stereocenters. The number of benzene rings is 2. The molecule has 0 radical (unpaired) electrons. The number of ether oxygens (including phenoxy) is 1. The van der Waals surface area contributed by atoms with E-state index in [1.54, 1.807) is 0 Å². The van der Waals surface area contributed by atoms with Crippen LogP contribution in [-0.2, 0) is 14.8 Å². The number of hydrogen-bond donors (Lipinski definition) is 1. The maximum absolute atomic E-state index is 13.0. The molecule has 0 fully saturated rings. The highest BCUT2D eigenvalue weighted by Gasteiger charge is 2.29. The first-order chi connectivity index (χ1) is 12.6. The molecule has 2 aromatic rings. The Bertz CT molecular complexity index is 1010. The van der Waals surface area contributed by atoms with E-state index in [1.807, 2.05) is 0 Å².